The molecule has 0 aromatic rings. The van der Waals surface area contributed by atoms with Gasteiger partial charge in [0.25, 0.3) is 0 Å². The highest BCUT2D eigenvalue weighted by molar-refractivity contribution is 5.85. The van der Waals surface area contributed by atoms with Crippen molar-refractivity contribution in [2.45, 2.75) is 97.1 Å². The molecule has 0 bridgehead atoms. The molecule has 0 radical (unpaired) electrons. The van der Waals surface area contributed by atoms with Crippen LogP contribution in [-0.2, 0) is 0 Å². The van der Waals surface area contributed by atoms with E-state index >= 15 is 0 Å². The van der Waals surface area contributed by atoms with Crippen LogP contribution in [0, 0.1) is 5.92 Å². The Morgan fingerprint density at radius 3 is 1.63 bits per heavy atom. The monoisotopic (exact) mass is 293 g/mol. The Bertz CT molecular complexity index is 180. The molecule has 0 saturated heterocycles. The molecule has 0 amide bonds. The minimum atomic E-state index is -1.00. The van der Waals surface area contributed by atoms with Gasteiger partial charge in [-0.25, -0.2) is 0 Å². The maximum Gasteiger partial charge on any atom is 0.113 e. The molecular formula is C16H36ClNO. The second-order valence-corrected chi connectivity index (χ2v) is 6.10. The summed E-state index contributed by atoms with van der Waals surface area (Å²) in [7, 11) is 0. The fourth-order valence-corrected chi connectivity index (χ4v) is 2.23. The molecule has 2 unspecified atom stereocenters. The van der Waals surface area contributed by atoms with Crippen LogP contribution >= 0.6 is 12.4 Å². The van der Waals surface area contributed by atoms with Gasteiger partial charge in [0.15, 0.2) is 0 Å². The van der Waals surface area contributed by atoms with Crippen LogP contribution in [0.15, 0.2) is 0 Å². The first-order valence-corrected chi connectivity index (χ1v) is 7.99. The molecule has 0 saturated carbocycles. The summed E-state index contributed by atoms with van der Waals surface area (Å²) >= 11 is 0. The van der Waals surface area contributed by atoms with Crippen molar-refractivity contribution in [3.05, 3.63) is 0 Å². The Kier molecular flexibility index (Phi) is 14.9. The lowest BCUT2D eigenvalue weighted by Crippen LogP contribution is -2.42. The van der Waals surface area contributed by atoms with Crippen LogP contribution in [0.2, 0.25) is 0 Å². The number of halogens is 1. The molecule has 0 aliphatic carbocycles. The van der Waals surface area contributed by atoms with Crippen LogP contribution in [0.4, 0.5) is 0 Å². The molecule has 118 valence electrons. The fraction of sp³-hybridized carbons (Fsp3) is 1.00. The molecule has 0 heterocycles. The Morgan fingerprint density at radius 2 is 1.26 bits per heavy atom. The zero-order valence-corrected chi connectivity index (χ0v) is 14.1. The summed E-state index contributed by atoms with van der Waals surface area (Å²) < 4.78 is 0. The molecule has 0 aliphatic heterocycles. The normalized spacial score (nSPS) is 15.6. The van der Waals surface area contributed by atoms with Gasteiger partial charge in [0.1, 0.15) is 5.72 Å². The number of hydrogen-bond acceptors (Lipinski definition) is 2. The summed E-state index contributed by atoms with van der Waals surface area (Å²) in [6, 6.07) is 0. The average Bonchev–Trinajstić information content (AvgIpc) is 2.30. The van der Waals surface area contributed by atoms with Gasteiger partial charge in [-0.3, -0.25) is 0 Å². The number of rotatable bonds is 12. The maximum atomic E-state index is 9.61. The van der Waals surface area contributed by atoms with Gasteiger partial charge in [-0.05, 0) is 19.3 Å². The Hall–Kier alpha value is 0.210. The van der Waals surface area contributed by atoms with Gasteiger partial charge < -0.3 is 10.8 Å². The van der Waals surface area contributed by atoms with E-state index in [1.807, 2.05) is 6.92 Å². The standard InChI is InChI=1S/C16H35NO.ClH/c1-4-5-6-7-8-9-10-11-12-13-14-15(2)16(3,17)18;/h15,18H,4-14,17H2,1-3H3;1H. The van der Waals surface area contributed by atoms with Gasteiger partial charge in [-0.1, -0.05) is 78.1 Å². The van der Waals surface area contributed by atoms with E-state index in [1.165, 1.54) is 64.2 Å². The topological polar surface area (TPSA) is 46.2 Å². The SMILES string of the molecule is CCCCCCCCCCCCC(C)C(C)(N)O.Cl. The predicted molar refractivity (Wildman–Crippen MR) is 87.7 cm³/mol. The van der Waals surface area contributed by atoms with Crippen molar-refractivity contribution in [3.63, 3.8) is 0 Å². The summed E-state index contributed by atoms with van der Waals surface area (Å²) in [6.07, 6.45) is 14.6. The Balaban J connectivity index is 0. The lowest BCUT2D eigenvalue weighted by Gasteiger charge is -2.25. The van der Waals surface area contributed by atoms with Crippen molar-refractivity contribution in [1.82, 2.24) is 0 Å². The van der Waals surface area contributed by atoms with E-state index in [9.17, 15) is 5.11 Å². The van der Waals surface area contributed by atoms with Gasteiger partial charge in [0, 0.05) is 0 Å². The molecule has 3 heteroatoms. The van der Waals surface area contributed by atoms with E-state index in [-0.39, 0.29) is 18.3 Å². The Morgan fingerprint density at radius 1 is 0.895 bits per heavy atom. The van der Waals surface area contributed by atoms with Crippen LogP contribution in [0.5, 0.6) is 0 Å². The van der Waals surface area contributed by atoms with Gasteiger partial charge in [-0.15, -0.1) is 12.4 Å². The molecule has 0 aliphatic rings. The summed E-state index contributed by atoms with van der Waals surface area (Å²) in [5.74, 6) is 0.201. The number of hydrogen-bond donors (Lipinski definition) is 2. The lowest BCUT2D eigenvalue weighted by atomic mass is 9.93. The van der Waals surface area contributed by atoms with Gasteiger partial charge in [-0.2, -0.15) is 0 Å². The second kappa shape index (κ2) is 13.2. The maximum absolute atomic E-state index is 9.61. The van der Waals surface area contributed by atoms with E-state index in [4.69, 9.17) is 5.73 Å². The van der Waals surface area contributed by atoms with E-state index in [2.05, 4.69) is 6.92 Å². The minimum Gasteiger partial charge on any atom is -0.376 e. The van der Waals surface area contributed by atoms with Crippen molar-refractivity contribution in [2.75, 3.05) is 0 Å². The molecule has 0 fully saturated rings. The molecule has 2 nitrogen and oxygen atoms in total. The summed E-state index contributed by atoms with van der Waals surface area (Å²) in [6.45, 7) is 6.00. The summed E-state index contributed by atoms with van der Waals surface area (Å²) in [5, 5.41) is 9.61. The lowest BCUT2D eigenvalue weighted by molar-refractivity contribution is 0.00810. The number of nitrogens with two attached hydrogens (primary N) is 1. The first-order chi connectivity index (χ1) is 8.48. The minimum absolute atomic E-state index is 0. The highest BCUT2D eigenvalue weighted by atomic mass is 35.5. The van der Waals surface area contributed by atoms with Gasteiger partial charge >= 0.3 is 0 Å². The summed E-state index contributed by atoms with van der Waals surface area (Å²) in [5.41, 5.74) is 4.65. The van der Waals surface area contributed by atoms with Crippen molar-refractivity contribution in [2.24, 2.45) is 11.7 Å². The first kappa shape index (κ1) is 21.5. The zero-order chi connectivity index (χ0) is 13.9. The fourth-order valence-electron chi connectivity index (χ4n) is 2.23. The third-order valence-corrected chi connectivity index (χ3v) is 3.99. The smallest absolute Gasteiger partial charge is 0.113 e. The van der Waals surface area contributed by atoms with Crippen LogP contribution in [0.3, 0.4) is 0 Å². The van der Waals surface area contributed by atoms with Gasteiger partial charge in [0.2, 0.25) is 0 Å². The largest absolute Gasteiger partial charge is 0.376 e. The molecule has 19 heavy (non-hydrogen) atoms. The average molecular weight is 294 g/mol. The van der Waals surface area contributed by atoms with Crippen LogP contribution in [-0.4, -0.2) is 10.8 Å². The number of unbranched alkanes of at least 4 members (excludes halogenated alkanes) is 9. The third-order valence-electron chi connectivity index (χ3n) is 3.99. The van der Waals surface area contributed by atoms with Crippen LogP contribution < -0.4 is 5.73 Å². The molecule has 3 N–H and O–H groups in total. The highest BCUT2D eigenvalue weighted by Gasteiger charge is 2.21. The van der Waals surface area contributed by atoms with Crippen molar-refractivity contribution in [1.29, 1.82) is 0 Å². The van der Waals surface area contributed by atoms with Gasteiger partial charge in [0.05, 0.1) is 0 Å². The third kappa shape index (κ3) is 14.4. The van der Waals surface area contributed by atoms with E-state index in [0.29, 0.717) is 0 Å². The van der Waals surface area contributed by atoms with Crippen LogP contribution in [0.25, 0.3) is 0 Å². The zero-order valence-electron chi connectivity index (χ0n) is 13.3. The molecule has 0 rings (SSSR count). The van der Waals surface area contributed by atoms with Crippen molar-refractivity contribution < 1.29 is 5.11 Å². The second-order valence-electron chi connectivity index (χ2n) is 6.10. The van der Waals surface area contributed by atoms with Crippen molar-refractivity contribution in [3.8, 4) is 0 Å². The predicted octanol–water partition coefficient (Wildman–Crippen LogP) is 5.02. The first-order valence-electron chi connectivity index (χ1n) is 7.99. The highest BCUT2D eigenvalue weighted by Crippen LogP contribution is 2.19. The van der Waals surface area contributed by atoms with Crippen molar-refractivity contribution >= 4 is 12.4 Å². The summed E-state index contributed by atoms with van der Waals surface area (Å²) in [4.78, 5) is 0. The van der Waals surface area contributed by atoms with Crippen LogP contribution in [0.1, 0.15) is 91.4 Å². The Labute approximate surface area is 127 Å². The van der Waals surface area contributed by atoms with E-state index < -0.39 is 5.72 Å². The quantitative estimate of drug-likeness (QED) is 0.392. The molecular weight excluding hydrogens is 258 g/mol. The van der Waals surface area contributed by atoms with E-state index in [1.54, 1.807) is 6.92 Å². The molecule has 0 aromatic heterocycles. The molecule has 0 spiro atoms. The molecule has 0 aromatic carbocycles. The number of aliphatic hydroxyl groups is 1. The van der Waals surface area contributed by atoms with E-state index in [0.717, 1.165) is 6.42 Å². The molecule has 2 atom stereocenters.